The smallest absolute Gasteiger partial charge is 0.339 e. The molecule has 0 saturated carbocycles. The van der Waals surface area contributed by atoms with Gasteiger partial charge in [-0.1, -0.05) is 12.1 Å². The molecular weight excluding hydrogens is 404 g/mol. The minimum Gasteiger partial charge on any atom is -0.379 e. The van der Waals surface area contributed by atoms with E-state index in [1.54, 1.807) is 19.1 Å². The molecule has 8 heteroatoms. The molecule has 7 nitrogen and oxygen atoms in total. The summed E-state index contributed by atoms with van der Waals surface area (Å²) < 4.78 is 30.4. The van der Waals surface area contributed by atoms with Crippen molar-refractivity contribution in [3.05, 3.63) is 59.2 Å². The Labute approximate surface area is 177 Å². The normalized spacial score (nSPS) is 13.9. The van der Waals surface area contributed by atoms with Crippen molar-refractivity contribution in [2.24, 2.45) is 0 Å². The fourth-order valence-corrected chi connectivity index (χ4v) is 4.57. The van der Waals surface area contributed by atoms with Gasteiger partial charge >= 0.3 is 10.1 Å². The number of carbonyl (C=O) groups is 2. The van der Waals surface area contributed by atoms with E-state index in [2.05, 4.69) is 5.32 Å². The molecule has 0 spiro atoms. The van der Waals surface area contributed by atoms with E-state index in [9.17, 15) is 18.0 Å². The Morgan fingerprint density at radius 3 is 2.37 bits per heavy atom. The zero-order valence-electron chi connectivity index (χ0n) is 17.2. The average molecular weight is 431 g/mol. The van der Waals surface area contributed by atoms with Crippen LogP contribution >= 0.6 is 0 Å². The molecule has 1 fully saturated rings. The van der Waals surface area contributed by atoms with E-state index in [1.165, 1.54) is 24.3 Å². The van der Waals surface area contributed by atoms with E-state index in [4.69, 9.17) is 4.18 Å². The second-order valence-electron chi connectivity index (χ2n) is 7.42. The van der Waals surface area contributed by atoms with Gasteiger partial charge in [0.15, 0.2) is 0 Å². The van der Waals surface area contributed by atoms with Crippen LogP contribution in [-0.2, 0) is 14.9 Å². The minimum absolute atomic E-state index is 0.0493. The lowest BCUT2D eigenvalue weighted by molar-refractivity contribution is -0.129. The van der Waals surface area contributed by atoms with Crippen LogP contribution in [0.1, 0.15) is 40.7 Å². The second-order valence-corrected chi connectivity index (χ2v) is 8.94. The van der Waals surface area contributed by atoms with Gasteiger partial charge < -0.3 is 14.4 Å². The predicted molar refractivity (Wildman–Crippen MR) is 113 cm³/mol. The van der Waals surface area contributed by atoms with Crippen molar-refractivity contribution in [1.82, 2.24) is 10.2 Å². The Kier molecular flexibility index (Phi) is 6.77. The highest BCUT2D eigenvalue weighted by molar-refractivity contribution is 7.87. The van der Waals surface area contributed by atoms with Gasteiger partial charge in [0, 0.05) is 31.6 Å². The molecule has 0 radical (unpaired) electrons. The molecule has 0 aliphatic carbocycles. The highest BCUT2D eigenvalue weighted by Crippen LogP contribution is 2.22. The van der Waals surface area contributed by atoms with E-state index in [0.717, 1.165) is 31.5 Å². The SMILES string of the molecule is Cc1ccc(C)c(S(=O)(=O)Oc2ccc(C(=O)NCCC(=O)N3CCCC3)cc2)c1. The number of nitrogens with one attached hydrogen (secondary N) is 1. The van der Waals surface area contributed by atoms with E-state index in [0.29, 0.717) is 11.1 Å². The Hall–Kier alpha value is -2.87. The van der Waals surface area contributed by atoms with Crippen molar-refractivity contribution < 1.29 is 22.2 Å². The third-order valence-corrected chi connectivity index (χ3v) is 6.41. The number of benzene rings is 2. The van der Waals surface area contributed by atoms with Crippen molar-refractivity contribution in [3.63, 3.8) is 0 Å². The fraction of sp³-hybridized carbons (Fsp3) is 0.364. The zero-order chi connectivity index (χ0) is 21.7. The first kappa shape index (κ1) is 21.8. The number of nitrogens with zero attached hydrogens (tertiary/aromatic N) is 1. The lowest BCUT2D eigenvalue weighted by Crippen LogP contribution is -2.32. The summed E-state index contributed by atoms with van der Waals surface area (Å²) in [6, 6.07) is 11.0. The molecule has 1 saturated heterocycles. The molecule has 2 aromatic rings. The van der Waals surface area contributed by atoms with Gasteiger partial charge in [0.1, 0.15) is 10.6 Å². The van der Waals surface area contributed by atoms with Gasteiger partial charge in [-0.3, -0.25) is 9.59 Å². The van der Waals surface area contributed by atoms with Gasteiger partial charge in [-0.25, -0.2) is 0 Å². The summed E-state index contributed by atoms with van der Waals surface area (Å²) >= 11 is 0. The van der Waals surface area contributed by atoms with Crippen LogP contribution < -0.4 is 9.50 Å². The van der Waals surface area contributed by atoms with E-state index in [-0.39, 0.29) is 35.4 Å². The first-order valence-corrected chi connectivity index (χ1v) is 11.3. The summed E-state index contributed by atoms with van der Waals surface area (Å²) in [6.45, 7) is 5.36. The third kappa shape index (κ3) is 5.38. The van der Waals surface area contributed by atoms with Crippen molar-refractivity contribution in [2.45, 2.75) is 38.0 Å². The molecule has 30 heavy (non-hydrogen) atoms. The highest BCUT2D eigenvalue weighted by atomic mass is 32.2. The standard InChI is InChI=1S/C22H26N2O5S/c1-16-5-6-17(2)20(15-16)30(27,28)29-19-9-7-18(8-10-19)22(26)23-12-11-21(25)24-13-3-4-14-24/h5-10,15H,3-4,11-14H2,1-2H3,(H,23,26). The summed E-state index contributed by atoms with van der Waals surface area (Å²) in [5, 5.41) is 2.72. The van der Waals surface area contributed by atoms with Gasteiger partial charge in [-0.15, -0.1) is 0 Å². The Morgan fingerprint density at radius 2 is 1.70 bits per heavy atom. The van der Waals surface area contributed by atoms with Gasteiger partial charge in [-0.05, 0) is 68.1 Å². The van der Waals surface area contributed by atoms with Crippen LogP contribution in [0.4, 0.5) is 0 Å². The number of hydrogen-bond donors (Lipinski definition) is 1. The quantitative estimate of drug-likeness (QED) is 0.682. The molecule has 1 aliphatic heterocycles. The van der Waals surface area contributed by atoms with Crippen molar-refractivity contribution in [2.75, 3.05) is 19.6 Å². The van der Waals surface area contributed by atoms with Crippen LogP contribution in [0.2, 0.25) is 0 Å². The number of rotatable bonds is 7. The van der Waals surface area contributed by atoms with Gasteiger partial charge in [0.2, 0.25) is 5.91 Å². The van der Waals surface area contributed by atoms with Crippen LogP contribution in [0.25, 0.3) is 0 Å². The van der Waals surface area contributed by atoms with Crippen LogP contribution in [0.15, 0.2) is 47.4 Å². The van der Waals surface area contributed by atoms with Crippen LogP contribution in [0.5, 0.6) is 5.75 Å². The maximum absolute atomic E-state index is 12.6. The lowest BCUT2D eigenvalue weighted by atomic mass is 10.2. The predicted octanol–water partition coefficient (Wildman–Crippen LogP) is 2.81. The molecule has 0 unspecified atom stereocenters. The molecular formula is C22H26N2O5S. The monoisotopic (exact) mass is 430 g/mol. The number of aryl methyl sites for hydroxylation is 2. The molecule has 1 heterocycles. The maximum Gasteiger partial charge on any atom is 0.339 e. The zero-order valence-corrected chi connectivity index (χ0v) is 18.0. The van der Waals surface area contributed by atoms with Crippen molar-refractivity contribution in [3.8, 4) is 5.75 Å². The van der Waals surface area contributed by atoms with Crippen LogP contribution in [-0.4, -0.2) is 44.8 Å². The molecule has 3 rings (SSSR count). The minimum atomic E-state index is -3.97. The number of hydrogen-bond acceptors (Lipinski definition) is 5. The van der Waals surface area contributed by atoms with E-state index < -0.39 is 10.1 Å². The highest BCUT2D eigenvalue weighted by Gasteiger charge is 2.20. The molecule has 0 bridgehead atoms. The number of likely N-dealkylation sites (tertiary alicyclic amines) is 1. The molecule has 0 atom stereocenters. The summed E-state index contributed by atoms with van der Waals surface area (Å²) in [5.74, 6) is -0.155. The first-order valence-electron chi connectivity index (χ1n) is 9.94. The van der Waals surface area contributed by atoms with E-state index >= 15 is 0 Å². The Bertz CT molecular complexity index is 1030. The average Bonchev–Trinajstić information content (AvgIpc) is 3.25. The summed E-state index contributed by atoms with van der Waals surface area (Å²) in [6.07, 6.45) is 2.33. The molecule has 1 aliphatic rings. The Balaban J connectivity index is 1.57. The van der Waals surface area contributed by atoms with E-state index in [1.807, 2.05) is 17.9 Å². The van der Waals surface area contributed by atoms with Gasteiger partial charge in [0.25, 0.3) is 5.91 Å². The summed E-state index contributed by atoms with van der Waals surface area (Å²) in [7, 11) is -3.97. The largest absolute Gasteiger partial charge is 0.379 e. The Morgan fingerprint density at radius 1 is 1.03 bits per heavy atom. The topological polar surface area (TPSA) is 92.8 Å². The number of carbonyl (C=O) groups excluding carboxylic acids is 2. The maximum atomic E-state index is 12.6. The lowest BCUT2D eigenvalue weighted by Gasteiger charge is -2.15. The second kappa shape index (κ2) is 9.30. The first-order chi connectivity index (χ1) is 14.3. The summed E-state index contributed by atoms with van der Waals surface area (Å²) in [5.41, 5.74) is 1.78. The summed E-state index contributed by atoms with van der Waals surface area (Å²) in [4.78, 5) is 26.2. The van der Waals surface area contributed by atoms with Crippen LogP contribution in [0.3, 0.4) is 0 Å². The van der Waals surface area contributed by atoms with Gasteiger partial charge in [-0.2, -0.15) is 8.42 Å². The molecule has 1 N–H and O–H groups in total. The molecule has 0 aromatic heterocycles. The molecule has 2 amide bonds. The number of amides is 2. The van der Waals surface area contributed by atoms with Crippen LogP contribution in [0, 0.1) is 13.8 Å². The third-order valence-electron chi connectivity index (χ3n) is 5.02. The fourth-order valence-electron chi connectivity index (χ4n) is 3.32. The molecule has 2 aromatic carbocycles. The van der Waals surface area contributed by atoms with Crippen molar-refractivity contribution in [1.29, 1.82) is 0 Å². The van der Waals surface area contributed by atoms with Crippen molar-refractivity contribution >= 4 is 21.9 Å². The van der Waals surface area contributed by atoms with Gasteiger partial charge in [0.05, 0.1) is 0 Å². The molecule has 160 valence electrons.